The molecule has 138 valence electrons. The lowest BCUT2D eigenvalue weighted by atomic mass is 10.1. The van der Waals surface area contributed by atoms with Crippen molar-refractivity contribution in [3.05, 3.63) is 64.7 Å². The molecule has 2 rings (SSSR count). The fraction of sp³-hybridized carbons (Fsp3) is 0.300. The summed E-state index contributed by atoms with van der Waals surface area (Å²) < 4.78 is 0. The second-order valence-corrected chi connectivity index (χ2v) is 7.35. The summed E-state index contributed by atoms with van der Waals surface area (Å²) in [6.07, 6.45) is 0.846. The number of amides is 2. The SMILES string of the molecule is CC[C@H](C)NC(=O)c1ccccc1NC(=O)CSCc1ccccc1Cl. The van der Waals surface area contributed by atoms with Crippen LogP contribution in [0.3, 0.4) is 0 Å². The normalized spacial score (nSPS) is 11.7. The minimum atomic E-state index is -0.182. The molecule has 2 amide bonds. The van der Waals surface area contributed by atoms with E-state index in [4.69, 9.17) is 11.6 Å². The highest BCUT2D eigenvalue weighted by Crippen LogP contribution is 2.21. The van der Waals surface area contributed by atoms with E-state index < -0.39 is 0 Å². The monoisotopic (exact) mass is 390 g/mol. The summed E-state index contributed by atoms with van der Waals surface area (Å²) in [6.45, 7) is 3.96. The van der Waals surface area contributed by atoms with Gasteiger partial charge in [-0.3, -0.25) is 9.59 Å². The van der Waals surface area contributed by atoms with Gasteiger partial charge in [0.25, 0.3) is 5.91 Å². The number of rotatable bonds is 8. The predicted octanol–water partition coefficient (Wildman–Crippen LogP) is 4.74. The molecule has 0 aliphatic carbocycles. The molecule has 2 aromatic rings. The summed E-state index contributed by atoms with van der Waals surface area (Å²) >= 11 is 7.60. The van der Waals surface area contributed by atoms with Gasteiger partial charge < -0.3 is 10.6 Å². The first-order valence-electron chi connectivity index (χ1n) is 8.52. The van der Waals surface area contributed by atoms with Gasteiger partial charge in [0, 0.05) is 16.8 Å². The standard InChI is InChI=1S/C20H23ClN2O2S/c1-3-14(2)22-20(25)16-9-5-7-11-18(16)23-19(24)13-26-12-15-8-4-6-10-17(15)21/h4-11,14H,3,12-13H2,1-2H3,(H,22,25)(H,23,24)/t14-/m0/s1. The Labute approximate surface area is 163 Å². The van der Waals surface area contributed by atoms with E-state index in [1.807, 2.05) is 38.1 Å². The lowest BCUT2D eigenvalue weighted by molar-refractivity contribution is -0.113. The number of anilines is 1. The van der Waals surface area contributed by atoms with Crippen molar-refractivity contribution < 1.29 is 9.59 Å². The van der Waals surface area contributed by atoms with Gasteiger partial charge in [-0.1, -0.05) is 48.9 Å². The smallest absolute Gasteiger partial charge is 0.253 e. The summed E-state index contributed by atoms with van der Waals surface area (Å²) in [5.41, 5.74) is 1.99. The molecule has 0 bridgehead atoms. The third kappa shape index (κ3) is 6.07. The van der Waals surface area contributed by atoms with Crippen LogP contribution in [0.1, 0.15) is 36.2 Å². The molecule has 0 aliphatic rings. The van der Waals surface area contributed by atoms with E-state index in [0.717, 1.165) is 12.0 Å². The zero-order valence-corrected chi connectivity index (χ0v) is 16.5. The Morgan fingerprint density at radius 3 is 2.54 bits per heavy atom. The molecule has 6 heteroatoms. The minimum absolute atomic E-state index is 0.0810. The molecule has 2 aromatic carbocycles. The van der Waals surface area contributed by atoms with Gasteiger partial charge in [-0.25, -0.2) is 0 Å². The highest BCUT2D eigenvalue weighted by molar-refractivity contribution is 7.99. The number of hydrogen-bond acceptors (Lipinski definition) is 3. The molecule has 0 unspecified atom stereocenters. The van der Waals surface area contributed by atoms with Crippen molar-refractivity contribution in [3.8, 4) is 0 Å². The molecule has 2 N–H and O–H groups in total. The maximum Gasteiger partial charge on any atom is 0.253 e. The number of carbonyl (C=O) groups excluding carboxylic acids is 2. The quantitative estimate of drug-likeness (QED) is 0.684. The van der Waals surface area contributed by atoms with Gasteiger partial charge in [0.05, 0.1) is 17.0 Å². The van der Waals surface area contributed by atoms with Crippen LogP contribution in [0.25, 0.3) is 0 Å². The molecule has 0 aliphatic heterocycles. The highest BCUT2D eigenvalue weighted by atomic mass is 35.5. The molecule has 0 saturated carbocycles. The van der Waals surface area contributed by atoms with Gasteiger partial charge in [-0.15, -0.1) is 11.8 Å². The summed E-state index contributed by atoms with van der Waals surface area (Å²) in [5.74, 6) is 0.611. The number of nitrogens with one attached hydrogen (secondary N) is 2. The third-order valence-electron chi connectivity index (χ3n) is 3.88. The Morgan fingerprint density at radius 2 is 1.81 bits per heavy atom. The van der Waals surface area contributed by atoms with Crippen molar-refractivity contribution in [2.24, 2.45) is 0 Å². The fourth-order valence-electron chi connectivity index (χ4n) is 2.25. The van der Waals surface area contributed by atoms with Crippen LogP contribution in [0.15, 0.2) is 48.5 Å². The first kappa shape index (κ1) is 20.3. The number of hydrogen-bond donors (Lipinski definition) is 2. The van der Waals surface area contributed by atoms with E-state index in [2.05, 4.69) is 10.6 Å². The first-order valence-corrected chi connectivity index (χ1v) is 10.1. The van der Waals surface area contributed by atoms with Crippen molar-refractivity contribution in [2.45, 2.75) is 32.1 Å². The van der Waals surface area contributed by atoms with E-state index in [-0.39, 0.29) is 23.6 Å². The van der Waals surface area contributed by atoms with E-state index in [0.29, 0.717) is 22.0 Å². The third-order valence-corrected chi connectivity index (χ3v) is 5.23. The first-order chi connectivity index (χ1) is 12.5. The Hall–Kier alpha value is -1.98. The lowest BCUT2D eigenvalue weighted by Gasteiger charge is -2.14. The number of benzene rings is 2. The molecule has 0 saturated heterocycles. The van der Waals surface area contributed by atoms with Gasteiger partial charge >= 0.3 is 0 Å². The highest BCUT2D eigenvalue weighted by Gasteiger charge is 2.14. The molecule has 4 nitrogen and oxygen atoms in total. The van der Waals surface area contributed by atoms with Crippen molar-refractivity contribution in [2.75, 3.05) is 11.1 Å². The van der Waals surface area contributed by atoms with E-state index in [1.165, 1.54) is 11.8 Å². The largest absolute Gasteiger partial charge is 0.350 e. The van der Waals surface area contributed by atoms with E-state index >= 15 is 0 Å². The Morgan fingerprint density at radius 1 is 1.12 bits per heavy atom. The van der Waals surface area contributed by atoms with Crippen molar-refractivity contribution in [3.63, 3.8) is 0 Å². The Bertz CT molecular complexity index is 767. The Kier molecular flexibility index (Phi) is 8.01. The molecule has 0 radical (unpaired) electrons. The van der Waals surface area contributed by atoms with Gasteiger partial charge in [-0.05, 0) is 37.1 Å². The molecule has 0 heterocycles. The number of thioether (sulfide) groups is 1. The summed E-state index contributed by atoms with van der Waals surface area (Å²) in [7, 11) is 0. The lowest BCUT2D eigenvalue weighted by Crippen LogP contribution is -2.32. The number of para-hydroxylation sites is 1. The number of carbonyl (C=O) groups is 2. The summed E-state index contributed by atoms with van der Waals surface area (Å²) in [4.78, 5) is 24.6. The summed E-state index contributed by atoms with van der Waals surface area (Å²) in [5, 5.41) is 6.45. The summed E-state index contributed by atoms with van der Waals surface area (Å²) in [6, 6.07) is 14.7. The molecule has 0 spiro atoms. The minimum Gasteiger partial charge on any atom is -0.350 e. The van der Waals surface area contributed by atoms with Crippen LogP contribution >= 0.6 is 23.4 Å². The van der Waals surface area contributed by atoms with Crippen LogP contribution in [0, 0.1) is 0 Å². The van der Waals surface area contributed by atoms with Gasteiger partial charge in [0.2, 0.25) is 5.91 Å². The molecule has 0 aromatic heterocycles. The van der Waals surface area contributed by atoms with Crippen LogP contribution in [0.4, 0.5) is 5.69 Å². The van der Waals surface area contributed by atoms with E-state index in [1.54, 1.807) is 24.3 Å². The van der Waals surface area contributed by atoms with Crippen LogP contribution < -0.4 is 10.6 Å². The molecule has 1 atom stereocenters. The zero-order valence-electron chi connectivity index (χ0n) is 14.9. The van der Waals surface area contributed by atoms with Crippen LogP contribution in [-0.2, 0) is 10.5 Å². The van der Waals surface area contributed by atoms with Crippen molar-refractivity contribution in [1.82, 2.24) is 5.32 Å². The van der Waals surface area contributed by atoms with Crippen LogP contribution in [-0.4, -0.2) is 23.6 Å². The molecular formula is C20H23ClN2O2S. The number of halogens is 1. The van der Waals surface area contributed by atoms with Crippen molar-refractivity contribution >= 4 is 40.9 Å². The fourth-order valence-corrected chi connectivity index (χ4v) is 3.36. The average Bonchev–Trinajstić information content (AvgIpc) is 2.63. The van der Waals surface area contributed by atoms with Crippen molar-refractivity contribution in [1.29, 1.82) is 0 Å². The van der Waals surface area contributed by atoms with Gasteiger partial charge in [-0.2, -0.15) is 0 Å². The van der Waals surface area contributed by atoms with E-state index in [9.17, 15) is 9.59 Å². The van der Waals surface area contributed by atoms with Gasteiger partial charge in [0.1, 0.15) is 0 Å². The van der Waals surface area contributed by atoms with Gasteiger partial charge in [0.15, 0.2) is 0 Å². The molecular weight excluding hydrogens is 368 g/mol. The maximum absolute atomic E-state index is 12.4. The average molecular weight is 391 g/mol. The van der Waals surface area contributed by atoms with Crippen LogP contribution in [0.5, 0.6) is 0 Å². The Balaban J connectivity index is 1.92. The zero-order chi connectivity index (χ0) is 18.9. The van der Waals surface area contributed by atoms with Crippen LogP contribution in [0.2, 0.25) is 5.02 Å². The maximum atomic E-state index is 12.4. The second-order valence-electron chi connectivity index (χ2n) is 5.96. The topological polar surface area (TPSA) is 58.2 Å². The molecule has 0 fully saturated rings. The predicted molar refractivity (Wildman–Crippen MR) is 110 cm³/mol. The second kappa shape index (κ2) is 10.2. The molecule has 26 heavy (non-hydrogen) atoms.